The summed E-state index contributed by atoms with van der Waals surface area (Å²) in [5, 5.41) is 13.2. The Bertz CT molecular complexity index is 1180. The number of nitrogens with zero attached hydrogens (tertiary/aromatic N) is 2. The predicted molar refractivity (Wildman–Crippen MR) is 111 cm³/mol. The summed E-state index contributed by atoms with van der Waals surface area (Å²) in [5.41, 5.74) is 3.91. The number of carbonyl (C=O) groups excluding carboxylic acids is 1. The highest BCUT2D eigenvalue weighted by Crippen LogP contribution is 2.23. The Hall–Kier alpha value is -4.12. The van der Waals surface area contributed by atoms with Crippen LogP contribution >= 0.6 is 0 Å². The van der Waals surface area contributed by atoms with Crippen LogP contribution in [0.5, 0.6) is 11.5 Å². The minimum atomic E-state index is -0.821. The molecule has 1 aromatic heterocycles. The van der Waals surface area contributed by atoms with Crippen molar-refractivity contribution in [1.82, 2.24) is 5.43 Å². The zero-order chi connectivity index (χ0) is 21.5. The fraction of sp³-hybridized carbons (Fsp3) is 0.182. The predicted octanol–water partition coefficient (Wildman–Crippen LogP) is 2.92. The van der Waals surface area contributed by atoms with Gasteiger partial charge in [0.25, 0.3) is 5.91 Å². The summed E-state index contributed by atoms with van der Waals surface area (Å²) in [6.45, 7) is 3.38. The van der Waals surface area contributed by atoms with Crippen molar-refractivity contribution in [2.45, 2.75) is 20.0 Å². The Morgan fingerprint density at radius 3 is 2.70 bits per heavy atom. The lowest BCUT2D eigenvalue weighted by Crippen LogP contribution is -2.33. The van der Waals surface area contributed by atoms with Gasteiger partial charge in [-0.05, 0) is 61.4 Å². The normalized spacial score (nSPS) is 11.8. The smallest absolute Gasteiger partial charge is 0.336 e. The molecule has 0 radical (unpaired) electrons. The van der Waals surface area contributed by atoms with Crippen LogP contribution in [0.1, 0.15) is 18.1 Å². The summed E-state index contributed by atoms with van der Waals surface area (Å²) in [7, 11) is 0. The number of benzene rings is 2. The third kappa shape index (κ3) is 5.23. The van der Waals surface area contributed by atoms with Crippen LogP contribution in [0.3, 0.4) is 0 Å². The van der Waals surface area contributed by atoms with Gasteiger partial charge in [0, 0.05) is 17.5 Å². The molecule has 0 saturated heterocycles. The second-order valence-electron chi connectivity index (χ2n) is 6.42. The molecule has 152 valence electrons. The zero-order valence-electron chi connectivity index (χ0n) is 16.4. The van der Waals surface area contributed by atoms with Crippen LogP contribution in [-0.4, -0.2) is 24.8 Å². The lowest BCUT2D eigenvalue weighted by molar-refractivity contribution is -0.127. The number of hydrazone groups is 1. The molecule has 1 atom stereocenters. The van der Waals surface area contributed by atoms with E-state index in [1.54, 1.807) is 49.4 Å². The monoisotopic (exact) mass is 405 g/mol. The standard InChI is InChI=1S/C22H19N3O5/c1-14-11-21(26)30-20-12-18(7-8-19(14)20)29-15(2)22(27)25-24-13-16-3-5-17(6-4-16)28-10-9-23/h3-8,11-13,15H,10H2,1-2H3,(H,25,27)/b24-13-/t15-/m0/s1. The molecule has 1 amide bonds. The Morgan fingerprint density at radius 2 is 1.97 bits per heavy atom. The van der Waals surface area contributed by atoms with Gasteiger partial charge < -0.3 is 13.9 Å². The molecule has 0 aliphatic heterocycles. The molecule has 1 N–H and O–H groups in total. The molecular formula is C22H19N3O5. The van der Waals surface area contributed by atoms with Gasteiger partial charge in [-0.2, -0.15) is 10.4 Å². The van der Waals surface area contributed by atoms with E-state index in [-0.39, 0.29) is 6.61 Å². The van der Waals surface area contributed by atoms with Crippen molar-refractivity contribution in [2.75, 3.05) is 6.61 Å². The number of amides is 1. The first-order valence-corrected chi connectivity index (χ1v) is 9.10. The molecule has 0 saturated carbocycles. The summed E-state index contributed by atoms with van der Waals surface area (Å²) < 4.78 is 16.0. The minimum Gasteiger partial charge on any atom is -0.481 e. The van der Waals surface area contributed by atoms with Crippen LogP contribution in [0.25, 0.3) is 11.0 Å². The number of nitriles is 1. The summed E-state index contributed by atoms with van der Waals surface area (Å²) in [4.78, 5) is 23.7. The first kappa shape index (κ1) is 20.6. The number of fused-ring (bicyclic) bond motifs is 1. The van der Waals surface area contributed by atoms with Crippen molar-refractivity contribution in [3.8, 4) is 17.6 Å². The van der Waals surface area contributed by atoms with Gasteiger partial charge in [-0.3, -0.25) is 4.79 Å². The van der Waals surface area contributed by atoms with E-state index in [1.807, 2.05) is 13.0 Å². The first-order chi connectivity index (χ1) is 14.5. The summed E-state index contributed by atoms with van der Waals surface area (Å²) in [6, 6.07) is 15.3. The molecule has 8 heteroatoms. The van der Waals surface area contributed by atoms with Crippen LogP contribution in [-0.2, 0) is 4.79 Å². The van der Waals surface area contributed by atoms with Crippen molar-refractivity contribution >= 4 is 23.1 Å². The van der Waals surface area contributed by atoms with E-state index in [4.69, 9.17) is 19.2 Å². The molecule has 30 heavy (non-hydrogen) atoms. The fourth-order valence-electron chi connectivity index (χ4n) is 2.66. The van der Waals surface area contributed by atoms with E-state index in [2.05, 4.69) is 10.5 Å². The van der Waals surface area contributed by atoms with Crippen LogP contribution < -0.4 is 20.5 Å². The number of hydrogen-bond acceptors (Lipinski definition) is 7. The molecular weight excluding hydrogens is 386 g/mol. The van der Waals surface area contributed by atoms with Crippen molar-refractivity contribution in [1.29, 1.82) is 5.26 Å². The molecule has 0 aliphatic rings. The topological polar surface area (TPSA) is 114 Å². The quantitative estimate of drug-likeness (QED) is 0.367. The summed E-state index contributed by atoms with van der Waals surface area (Å²) >= 11 is 0. The molecule has 1 heterocycles. The number of hydrogen-bond donors (Lipinski definition) is 1. The van der Waals surface area contributed by atoms with Crippen molar-refractivity contribution in [2.24, 2.45) is 5.10 Å². The van der Waals surface area contributed by atoms with Gasteiger partial charge >= 0.3 is 5.63 Å². The third-order valence-electron chi connectivity index (χ3n) is 4.18. The molecule has 0 fully saturated rings. The second-order valence-corrected chi connectivity index (χ2v) is 6.42. The molecule has 0 bridgehead atoms. The van der Waals surface area contributed by atoms with Gasteiger partial charge in [0.05, 0.1) is 6.21 Å². The highest BCUT2D eigenvalue weighted by Gasteiger charge is 2.15. The number of aryl methyl sites for hydroxylation is 1. The van der Waals surface area contributed by atoms with E-state index < -0.39 is 17.6 Å². The Morgan fingerprint density at radius 1 is 1.23 bits per heavy atom. The minimum absolute atomic E-state index is 0.0235. The molecule has 3 aromatic rings. The van der Waals surface area contributed by atoms with Crippen molar-refractivity contribution in [3.05, 3.63) is 70.1 Å². The molecule has 0 aliphatic carbocycles. The van der Waals surface area contributed by atoms with E-state index in [9.17, 15) is 9.59 Å². The Labute approximate surface area is 172 Å². The molecule has 8 nitrogen and oxygen atoms in total. The van der Waals surface area contributed by atoms with Crippen molar-refractivity contribution in [3.63, 3.8) is 0 Å². The Balaban J connectivity index is 1.58. The third-order valence-corrected chi connectivity index (χ3v) is 4.18. The van der Waals surface area contributed by atoms with Crippen molar-refractivity contribution < 1.29 is 18.7 Å². The molecule has 2 aromatic carbocycles. The number of rotatable bonds is 7. The van der Waals surface area contributed by atoms with Crippen LogP contribution in [0.15, 0.2) is 62.8 Å². The van der Waals surface area contributed by atoms with Gasteiger partial charge in [0.1, 0.15) is 23.2 Å². The van der Waals surface area contributed by atoms with Gasteiger partial charge in [0.2, 0.25) is 0 Å². The lowest BCUT2D eigenvalue weighted by Gasteiger charge is -2.13. The van der Waals surface area contributed by atoms with E-state index in [0.29, 0.717) is 17.1 Å². The first-order valence-electron chi connectivity index (χ1n) is 9.10. The largest absolute Gasteiger partial charge is 0.481 e. The zero-order valence-corrected chi connectivity index (χ0v) is 16.4. The fourth-order valence-corrected chi connectivity index (χ4v) is 2.66. The lowest BCUT2D eigenvalue weighted by atomic mass is 10.1. The second kappa shape index (κ2) is 9.39. The van der Waals surface area contributed by atoms with E-state index in [0.717, 1.165) is 16.5 Å². The average Bonchev–Trinajstić information content (AvgIpc) is 2.72. The summed E-state index contributed by atoms with van der Waals surface area (Å²) in [6.07, 6.45) is 0.657. The molecule has 0 spiro atoms. The SMILES string of the molecule is Cc1cc(=O)oc2cc(O[C@@H](C)C(=O)N/N=C\c3ccc(OCC#N)cc3)ccc12. The summed E-state index contributed by atoms with van der Waals surface area (Å²) in [5.74, 6) is 0.531. The maximum absolute atomic E-state index is 12.2. The average molecular weight is 405 g/mol. The van der Waals surface area contributed by atoms with Crippen LogP contribution in [0.2, 0.25) is 0 Å². The highest BCUT2D eigenvalue weighted by molar-refractivity contribution is 5.85. The van der Waals surface area contributed by atoms with Gasteiger partial charge in [-0.25, -0.2) is 10.2 Å². The Kier molecular flexibility index (Phi) is 6.45. The maximum atomic E-state index is 12.2. The highest BCUT2D eigenvalue weighted by atomic mass is 16.5. The molecule has 0 unspecified atom stereocenters. The van der Waals surface area contributed by atoms with Crippen LogP contribution in [0, 0.1) is 18.3 Å². The maximum Gasteiger partial charge on any atom is 0.336 e. The van der Waals surface area contributed by atoms with E-state index in [1.165, 1.54) is 12.3 Å². The number of ether oxygens (including phenoxy) is 2. The number of carbonyl (C=O) groups is 1. The van der Waals surface area contributed by atoms with Gasteiger partial charge in [-0.15, -0.1) is 0 Å². The number of nitrogens with one attached hydrogen (secondary N) is 1. The van der Waals surface area contributed by atoms with Gasteiger partial charge in [-0.1, -0.05) is 0 Å². The van der Waals surface area contributed by atoms with Gasteiger partial charge in [0.15, 0.2) is 12.7 Å². The molecule has 3 rings (SSSR count). The van der Waals surface area contributed by atoms with Crippen LogP contribution in [0.4, 0.5) is 0 Å². The van der Waals surface area contributed by atoms with E-state index >= 15 is 0 Å².